The predicted molar refractivity (Wildman–Crippen MR) is 84.5 cm³/mol. The van der Waals surface area contributed by atoms with E-state index in [1.54, 1.807) is 11.8 Å². The second-order valence-electron chi connectivity index (χ2n) is 4.63. The Bertz CT molecular complexity index is 542. The first-order valence-corrected chi connectivity index (χ1v) is 7.96. The van der Waals surface area contributed by atoms with Crippen LogP contribution in [0.3, 0.4) is 0 Å². The van der Waals surface area contributed by atoms with Crippen molar-refractivity contribution in [2.75, 3.05) is 6.26 Å². The number of hydrogen-bond acceptors (Lipinski definition) is 4. The molecule has 0 aliphatic carbocycles. The molecule has 2 aromatic rings. The summed E-state index contributed by atoms with van der Waals surface area (Å²) in [6.07, 6.45) is 5.70. The smallest absolute Gasteiger partial charge is 0.219 e. The molecule has 1 heterocycles. The average molecular weight is 288 g/mol. The van der Waals surface area contributed by atoms with E-state index in [2.05, 4.69) is 11.9 Å². The summed E-state index contributed by atoms with van der Waals surface area (Å²) in [5.41, 5.74) is 7.09. The number of thioether (sulfide) groups is 1. The van der Waals surface area contributed by atoms with E-state index in [4.69, 9.17) is 10.5 Å². The van der Waals surface area contributed by atoms with Crippen LogP contribution in [0, 0.1) is 0 Å². The van der Waals surface area contributed by atoms with Crippen LogP contribution in [0.1, 0.15) is 18.9 Å². The molecule has 3 nitrogen and oxygen atoms in total. The number of rotatable bonds is 6. The highest BCUT2D eigenvalue weighted by Crippen LogP contribution is 2.30. The molecule has 0 radical (unpaired) electrons. The number of para-hydroxylation sites is 1. The second kappa shape index (κ2) is 7.31. The van der Waals surface area contributed by atoms with E-state index in [0.29, 0.717) is 5.88 Å². The van der Waals surface area contributed by atoms with Gasteiger partial charge in [0.15, 0.2) is 0 Å². The number of ether oxygens (including phenoxy) is 1. The molecule has 0 bridgehead atoms. The molecule has 0 aliphatic heterocycles. The van der Waals surface area contributed by atoms with Crippen LogP contribution < -0.4 is 10.5 Å². The highest BCUT2D eigenvalue weighted by atomic mass is 32.2. The molecule has 0 saturated heterocycles. The second-order valence-corrected chi connectivity index (χ2v) is 5.48. The van der Waals surface area contributed by atoms with E-state index in [-0.39, 0.29) is 6.04 Å². The minimum atomic E-state index is 0.195. The largest absolute Gasteiger partial charge is 0.438 e. The summed E-state index contributed by atoms with van der Waals surface area (Å²) in [6, 6.07) is 12.1. The highest BCUT2D eigenvalue weighted by molar-refractivity contribution is 7.98. The SMILES string of the molecule is CCC(N)Cc1ccc(Oc2ccccc2SC)nc1. The minimum Gasteiger partial charge on any atom is -0.438 e. The summed E-state index contributed by atoms with van der Waals surface area (Å²) < 4.78 is 5.82. The number of nitrogens with two attached hydrogens (primary N) is 1. The van der Waals surface area contributed by atoms with Gasteiger partial charge in [0.05, 0.1) is 0 Å². The van der Waals surface area contributed by atoms with Gasteiger partial charge in [0, 0.05) is 23.2 Å². The molecule has 20 heavy (non-hydrogen) atoms. The normalized spacial score (nSPS) is 12.2. The fourth-order valence-electron chi connectivity index (χ4n) is 1.85. The Balaban J connectivity index is 2.07. The highest BCUT2D eigenvalue weighted by Gasteiger charge is 2.05. The first-order valence-electron chi connectivity index (χ1n) is 6.74. The topological polar surface area (TPSA) is 48.1 Å². The van der Waals surface area contributed by atoms with Gasteiger partial charge in [-0.3, -0.25) is 0 Å². The lowest BCUT2D eigenvalue weighted by molar-refractivity contribution is 0.451. The number of aromatic nitrogens is 1. The van der Waals surface area contributed by atoms with Crippen molar-refractivity contribution in [1.82, 2.24) is 4.98 Å². The Kier molecular flexibility index (Phi) is 5.44. The number of pyridine rings is 1. The molecule has 4 heteroatoms. The molecule has 0 fully saturated rings. The predicted octanol–water partition coefficient (Wildman–Crippen LogP) is 3.88. The summed E-state index contributed by atoms with van der Waals surface area (Å²) in [5, 5.41) is 0. The van der Waals surface area contributed by atoms with Crippen molar-refractivity contribution in [3.8, 4) is 11.6 Å². The molecule has 1 aromatic carbocycles. The molecule has 1 unspecified atom stereocenters. The zero-order chi connectivity index (χ0) is 14.4. The Morgan fingerprint density at radius 1 is 1.25 bits per heavy atom. The number of benzene rings is 1. The Labute approximate surface area is 124 Å². The summed E-state index contributed by atoms with van der Waals surface area (Å²) >= 11 is 1.66. The molecule has 1 atom stereocenters. The number of nitrogens with zero attached hydrogens (tertiary/aromatic N) is 1. The van der Waals surface area contributed by atoms with E-state index in [9.17, 15) is 0 Å². The maximum absolute atomic E-state index is 5.94. The molecule has 106 valence electrons. The molecular weight excluding hydrogens is 268 g/mol. The molecule has 0 aliphatic rings. The van der Waals surface area contributed by atoms with Crippen LogP contribution >= 0.6 is 11.8 Å². The third-order valence-corrected chi connectivity index (χ3v) is 3.88. The van der Waals surface area contributed by atoms with Crippen molar-refractivity contribution >= 4 is 11.8 Å². The zero-order valence-electron chi connectivity index (χ0n) is 11.9. The van der Waals surface area contributed by atoms with Gasteiger partial charge in [0.25, 0.3) is 0 Å². The quantitative estimate of drug-likeness (QED) is 0.820. The fraction of sp³-hybridized carbons (Fsp3) is 0.312. The fourth-order valence-corrected chi connectivity index (χ4v) is 2.38. The Morgan fingerprint density at radius 3 is 2.70 bits per heavy atom. The van der Waals surface area contributed by atoms with Crippen LogP contribution in [0.4, 0.5) is 0 Å². The van der Waals surface area contributed by atoms with Gasteiger partial charge < -0.3 is 10.5 Å². The van der Waals surface area contributed by atoms with Gasteiger partial charge in [-0.2, -0.15) is 0 Å². The van der Waals surface area contributed by atoms with Crippen LogP contribution in [0.5, 0.6) is 11.6 Å². The minimum absolute atomic E-state index is 0.195. The lowest BCUT2D eigenvalue weighted by atomic mass is 10.1. The van der Waals surface area contributed by atoms with Crippen molar-refractivity contribution < 1.29 is 4.74 Å². The molecular formula is C16H20N2OS. The van der Waals surface area contributed by atoms with Gasteiger partial charge >= 0.3 is 0 Å². The Hall–Kier alpha value is -1.52. The number of hydrogen-bond donors (Lipinski definition) is 1. The van der Waals surface area contributed by atoms with Crippen LogP contribution in [-0.4, -0.2) is 17.3 Å². The average Bonchev–Trinajstić information content (AvgIpc) is 2.49. The summed E-state index contributed by atoms with van der Waals surface area (Å²) in [7, 11) is 0. The molecule has 0 spiro atoms. The van der Waals surface area contributed by atoms with E-state index in [1.807, 2.05) is 48.9 Å². The van der Waals surface area contributed by atoms with Crippen molar-refractivity contribution in [3.63, 3.8) is 0 Å². The van der Waals surface area contributed by atoms with Gasteiger partial charge in [-0.25, -0.2) is 4.98 Å². The van der Waals surface area contributed by atoms with Crippen LogP contribution in [0.25, 0.3) is 0 Å². The van der Waals surface area contributed by atoms with Gasteiger partial charge in [-0.15, -0.1) is 11.8 Å². The van der Waals surface area contributed by atoms with Crippen molar-refractivity contribution in [1.29, 1.82) is 0 Å². The van der Waals surface area contributed by atoms with E-state index in [0.717, 1.165) is 29.1 Å². The third-order valence-electron chi connectivity index (χ3n) is 3.10. The molecule has 2 rings (SSSR count). The molecule has 2 N–H and O–H groups in total. The summed E-state index contributed by atoms with van der Waals surface area (Å²) in [6.45, 7) is 2.09. The zero-order valence-corrected chi connectivity index (χ0v) is 12.7. The van der Waals surface area contributed by atoms with Gasteiger partial charge in [-0.1, -0.05) is 25.1 Å². The lowest BCUT2D eigenvalue weighted by Gasteiger charge is -2.10. The lowest BCUT2D eigenvalue weighted by Crippen LogP contribution is -2.21. The Morgan fingerprint density at radius 2 is 2.05 bits per heavy atom. The van der Waals surface area contributed by atoms with Crippen molar-refractivity contribution in [3.05, 3.63) is 48.2 Å². The first-order chi connectivity index (χ1) is 9.72. The van der Waals surface area contributed by atoms with Crippen molar-refractivity contribution in [2.45, 2.75) is 30.7 Å². The van der Waals surface area contributed by atoms with Crippen LogP contribution in [-0.2, 0) is 6.42 Å². The van der Waals surface area contributed by atoms with Crippen LogP contribution in [0.2, 0.25) is 0 Å². The van der Waals surface area contributed by atoms with Gasteiger partial charge in [-0.05, 0) is 36.8 Å². The first kappa shape index (κ1) is 14.9. The third kappa shape index (κ3) is 3.99. The maximum atomic E-state index is 5.94. The summed E-state index contributed by atoms with van der Waals surface area (Å²) in [4.78, 5) is 5.45. The van der Waals surface area contributed by atoms with E-state index in [1.165, 1.54) is 0 Å². The van der Waals surface area contributed by atoms with Gasteiger partial charge in [0.2, 0.25) is 5.88 Å². The van der Waals surface area contributed by atoms with Gasteiger partial charge in [0.1, 0.15) is 5.75 Å². The monoisotopic (exact) mass is 288 g/mol. The standard InChI is InChI=1S/C16H20N2OS/c1-3-13(17)10-12-8-9-16(18-11-12)19-14-6-4-5-7-15(14)20-2/h4-9,11,13H,3,10,17H2,1-2H3. The van der Waals surface area contributed by atoms with E-state index < -0.39 is 0 Å². The molecule has 1 aromatic heterocycles. The maximum Gasteiger partial charge on any atom is 0.219 e. The molecule has 0 amide bonds. The van der Waals surface area contributed by atoms with Crippen LogP contribution in [0.15, 0.2) is 47.5 Å². The van der Waals surface area contributed by atoms with Crippen molar-refractivity contribution in [2.24, 2.45) is 5.73 Å². The molecule has 0 saturated carbocycles. The van der Waals surface area contributed by atoms with E-state index >= 15 is 0 Å². The summed E-state index contributed by atoms with van der Waals surface area (Å²) in [5.74, 6) is 1.45.